The van der Waals surface area contributed by atoms with E-state index >= 15 is 0 Å². The molecule has 0 amide bonds. The standard InChI is InChI=1S/C12H16O/c1-3-9-4-7-11(10-5-6-10)8-12(9)13-2/h4,7-8,10H,3,5-6H2,1-2H3. The molecule has 0 aromatic heterocycles. The van der Waals surface area contributed by atoms with Gasteiger partial charge in [0, 0.05) is 0 Å². The molecule has 1 nitrogen and oxygen atoms in total. The molecule has 1 saturated carbocycles. The maximum absolute atomic E-state index is 5.35. The van der Waals surface area contributed by atoms with Gasteiger partial charge in [0.25, 0.3) is 0 Å². The first kappa shape index (κ1) is 8.61. The highest BCUT2D eigenvalue weighted by atomic mass is 16.5. The van der Waals surface area contributed by atoms with Gasteiger partial charge in [-0.2, -0.15) is 0 Å². The monoisotopic (exact) mass is 176 g/mol. The fraction of sp³-hybridized carbons (Fsp3) is 0.500. The van der Waals surface area contributed by atoms with E-state index in [0.29, 0.717) is 0 Å². The zero-order chi connectivity index (χ0) is 9.26. The minimum atomic E-state index is 0.819. The van der Waals surface area contributed by atoms with Crippen molar-refractivity contribution in [2.24, 2.45) is 0 Å². The second kappa shape index (κ2) is 3.41. The predicted octanol–water partition coefficient (Wildman–Crippen LogP) is 3.14. The molecule has 13 heavy (non-hydrogen) atoms. The smallest absolute Gasteiger partial charge is 0.122 e. The molecule has 1 aromatic carbocycles. The fourth-order valence-electron chi connectivity index (χ4n) is 1.72. The van der Waals surface area contributed by atoms with Crippen LogP contribution in [0.3, 0.4) is 0 Å². The molecule has 0 heterocycles. The normalized spacial score (nSPS) is 15.8. The van der Waals surface area contributed by atoms with E-state index in [1.165, 1.54) is 24.0 Å². The highest BCUT2D eigenvalue weighted by molar-refractivity contribution is 5.40. The molecule has 0 N–H and O–H groups in total. The quantitative estimate of drug-likeness (QED) is 0.687. The van der Waals surface area contributed by atoms with Crippen LogP contribution in [-0.2, 0) is 6.42 Å². The Morgan fingerprint density at radius 3 is 2.69 bits per heavy atom. The predicted molar refractivity (Wildman–Crippen MR) is 54.3 cm³/mol. The van der Waals surface area contributed by atoms with Gasteiger partial charge >= 0.3 is 0 Å². The van der Waals surface area contributed by atoms with E-state index in [2.05, 4.69) is 25.1 Å². The van der Waals surface area contributed by atoms with Crippen LogP contribution in [0, 0.1) is 0 Å². The van der Waals surface area contributed by atoms with Crippen molar-refractivity contribution in [1.82, 2.24) is 0 Å². The highest BCUT2D eigenvalue weighted by Crippen LogP contribution is 2.41. The van der Waals surface area contributed by atoms with Crippen LogP contribution < -0.4 is 4.74 Å². The molecule has 1 heteroatoms. The second-order valence-corrected chi connectivity index (χ2v) is 3.70. The molecule has 0 bridgehead atoms. The van der Waals surface area contributed by atoms with Crippen LogP contribution in [0.4, 0.5) is 0 Å². The van der Waals surface area contributed by atoms with E-state index < -0.39 is 0 Å². The highest BCUT2D eigenvalue weighted by Gasteiger charge is 2.23. The van der Waals surface area contributed by atoms with Crippen molar-refractivity contribution in [3.8, 4) is 5.75 Å². The van der Waals surface area contributed by atoms with Gasteiger partial charge in [0.1, 0.15) is 5.75 Å². The summed E-state index contributed by atoms with van der Waals surface area (Å²) in [6.45, 7) is 2.16. The summed E-state index contributed by atoms with van der Waals surface area (Å²) in [6.07, 6.45) is 3.76. The molecule has 1 aliphatic carbocycles. The van der Waals surface area contributed by atoms with E-state index in [-0.39, 0.29) is 0 Å². The van der Waals surface area contributed by atoms with E-state index in [0.717, 1.165) is 18.1 Å². The third-order valence-electron chi connectivity index (χ3n) is 2.74. The molecule has 0 atom stereocenters. The number of ether oxygens (including phenoxy) is 1. The minimum absolute atomic E-state index is 0.819. The van der Waals surface area contributed by atoms with Crippen LogP contribution in [0.5, 0.6) is 5.75 Å². The Hall–Kier alpha value is -0.980. The van der Waals surface area contributed by atoms with Crippen LogP contribution in [0.1, 0.15) is 36.8 Å². The van der Waals surface area contributed by atoms with Crippen molar-refractivity contribution in [3.05, 3.63) is 29.3 Å². The zero-order valence-corrected chi connectivity index (χ0v) is 8.34. The van der Waals surface area contributed by atoms with E-state index in [1.54, 1.807) is 7.11 Å². The van der Waals surface area contributed by atoms with Gasteiger partial charge in [0.2, 0.25) is 0 Å². The molecular weight excluding hydrogens is 160 g/mol. The van der Waals surface area contributed by atoms with Crippen molar-refractivity contribution in [2.75, 3.05) is 7.11 Å². The first-order valence-electron chi connectivity index (χ1n) is 5.02. The Morgan fingerprint density at radius 1 is 1.38 bits per heavy atom. The zero-order valence-electron chi connectivity index (χ0n) is 8.34. The lowest BCUT2D eigenvalue weighted by Crippen LogP contribution is -1.91. The Kier molecular flexibility index (Phi) is 2.26. The summed E-state index contributed by atoms with van der Waals surface area (Å²) >= 11 is 0. The maximum Gasteiger partial charge on any atom is 0.122 e. The molecule has 1 aliphatic rings. The van der Waals surface area contributed by atoms with Crippen molar-refractivity contribution >= 4 is 0 Å². The Morgan fingerprint density at radius 2 is 2.15 bits per heavy atom. The SMILES string of the molecule is CCc1ccc(C2CC2)cc1OC. The van der Waals surface area contributed by atoms with Gasteiger partial charge in [-0.3, -0.25) is 0 Å². The minimum Gasteiger partial charge on any atom is -0.496 e. The van der Waals surface area contributed by atoms with Crippen molar-refractivity contribution in [2.45, 2.75) is 32.1 Å². The third-order valence-corrected chi connectivity index (χ3v) is 2.74. The summed E-state index contributed by atoms with van der Waals surface area (Å²) in [7, 11) is 1.76. The maximum atomic E-state index is 5.35. The van der Waals surface area contributed by atoms with E-state index in [1.807, 2.05) is 0 Å². The lowest BCUT2D eigenvalue weighted by atomic mass is 10.1. The van der Waals surface area contributed by atoms with E-state index in [4.69, 9.17) is 4.74 Å². The summed E-state index contributed by atoms with van der Waals surface area (Å²) in [6, 6.07) is 6.65. The summed E-state index contributed by atoms with van der Waals surface area (Å²) in [4.78, 5) is 0. The van der Waals surface area contributed by atoms with Gasteiger partial charge in [-0.15, -0.1) is 0 Å². The summed E-state index contributed by atoms with van der Waals surface area (Å²) in [5.74, 6) is 1.88. The number of hydrogen-bond acceptors (Lipinski definition) is 1. The average molecular weight is 176 g/mol. The molecule has 0 spiro atoms. The van der Waals surface area contributed by atoms with Crippen molar-refractivity contribution in [1.29, 1.82) is 0 Å². The van der Waals surface area contributed by atoms with Crippen LogP contribution in [0.2, 0.25) is 0 Å². The van der Waals surface area contributed by atoms with E-state index in [9.17, 15) is 0 Å². The molecule has 0 radical (unpaired) electrons. The van der Waals surface area contributed by atoms with Gasteiger partial charge in [-0.1, -0.05) is 19.1 Å². The molecule has 0 unspecified atom stereocenters. The summed E-state index contributed by atoms with van der Waals surface area (Å²) in [5.41, 5.74) is 2.76. The van der Waals surface area contributed by atoms with Gasteiger partial charge in [0.05, 0.1) is 7.11 Å². The van der Waals surface area contributed by atoms with Gasteiger partial charge in [-0.25, -0.2) is 0 Å². The van der Waals surface area contributed by atoms with Crippen molar-refractivity contribution in [3.63, 3.8) is 0 Å². The Labute approximate surface area is 79.7 Å². The summed E-state index contributed by atoms with van der Waals surface area (Å²) < 4.78 is 5.35. The number of aryl methyl sites for hydroxylation is 1. The van der Waals surface area contributed by atoms with Gasteiger partial charge in [0.15, 0.2) is 0 Å². The van der Waals surface area contributed by atoms with Crippen LogP contribution in [-0.4, -0.2) is 7.11 Å². The van der Waals surface area contributed by atoms with Crippen molar-refractivity contribution < 1.29 is 4.74 Å². The molecule has 1 fully saturated rings. The lowest BCUT2D eigenvalue weighted by Gasteiger charge is -2.08. The number of methoxy groups -OCH3 is 1. The molecule has 1 aromatic rings. The van der Waals surface area contributed by atoms with Crippen LogP contribution in [0.15, 0.2) is 18.2 Å². The summed E-state index contributed by atoms with van der Waals surface area (Å²) in [5, 5.41) is 0. The van der Waals surface area contributed by atoms with Gasteiger partial charge < -0.3 is 4.74 Å². The Balaban J connectivity index is 2.31. The molecule has 0 saturated heterocycles. The average Bonchev–Trinajstić information content (AvgIpc) is 3.00. The Bertz CT molecular complexity index is 300. The van der Waals surface area contributed by atoms with Gasteiger partial charge in [-0.05, 0) is 42.4 Å². The molecular formula is C12H16O. The first-order chi connectivity index (χ1) is 6.35. The second-order valence-electron chi connectivity index (χ2n) is 3.70. The number of rotatable bonds is 3. The molecule has 70 valence electrons. The first-order valence-corrected chi connectivity index (χ1v) is 5.02. The lowest BCUT2D eigenvalue weighted by molar-refractivity contribution is 0.409. The largest absolute Gasteiger partial charge is 0.496 e. The number of benzene rings is 1. The van der Waals surface area contributed by atoms with Crippen LogP contribution in [0.25, 0.3) is 0 Å². The topological polar surface area (TPSA) is 9.23 Å². The number of hydrogen-bond donors (Lipinski definition) is 0. The third kappa shape index (κ3) is 1.69. The molecule has 0 aliphatic heterocycles. The fourth-order valence-corrected chi connectivity index (χ4v) is 1.72. The molecule has 2 rings (SSSR count). The van der Waals surface area contributed by atoms with Crippen LogP contribution >= 0.6 is 0 Å².